The molecular formula is C18H22N4O2. The number of methoxy groups -OCH3 is 1. The van der Waals surface area contributed by atoms with Crippen LogP contribution in [0.2, 0.25) is 0 Å². The molecule has 126 valence electrons. The van der Waals surface area contributed by atoms with E-state index in [2.05, 4.69) is 15.2 Å². The maximum Gasteiger partial charge on any atom is 0.246 e. The van der Waals surface area contributed by atoms with Crippen molar-refractivity contribution in [1.82, 2.24) is 15.2 Å². The molecule has 0 bridgehead atoms. The minimum absolute atomic E-state index is 0.0146. The number of hydrogen-bond donors (Lipinski definition) is 1. The second-order valence-electron chi connectivity index (χ2n) is 5.64. The zero-order valence-electron chi connectivity index (χ0n) is 13.8. The van der Waals surface area contributed by atoms with Crippen LogP contribution >= 0.6 is 0 Å². The van der Waals surface area contributed by atoms with E-state index >= 15 is 0 Å². The Kier molecular flexibility index (Phi) is 5.40. The minimum atomic E-state index is 0.0146. The van der Waals surface area contributed by atoms with E-state index in [1.54, 1.807) is 18.2 Å². The first-order chi connectivity index (χ1) is 11.8. The van der Waals surface area contributed by atoms with Crippen molar-refractivity contribution in [3.05, 3.63) is 48.7 Å². The molecular weight excluding hydrogens is 304 g/mol. The van der Waals surface area contributed by atoms with Crippen molar-refractivity contribution >= 4 is 17.4 Å². The van der Waals surface area contributed by atoms with Crippen molar-refractivity contribution in [3.8, 4) is 5.75 Å². The van der Waals surface area contributed by atoms with Crippen molar-refractivity contribution in [2.24, 2.45) is 0 Å². The number of nitrogens with zero attached hydrogens (tertiary/aromatic N) is 3. The number of benzene rings is 1. The van der Waals surface area contributed by atoms with Crippen LogP contribution in [0, 0.1) is 0 Å². The van der Waals surface area contributed by atoms with Gasteiger partial charge in [0.1, 0.15) is 11.6 Å². The molecule has 3 rings (SSSR count). The Morgan fingerprint density at radius 1 is 1.21 bits per heavy atom. The van der Waals surface area contributed by atoms with Crippen LogP contribution < -0.4 is 15.0 Å². The van der Waals surface area contributed by atoms with Crippen molar-refractivity contribution in [2.45, 2.75) is 0 Å². The van der Waals surface area contributed by atoms with Gasteiger partial charge in [0.15, 0.2) is 0 Å². The van der Waals surface area contributed by atoms with E-state index in [-0.39, 0.29) is 5.91 Å². The largest absolute Gasteiger partial charge is 0.497 e. The Morgan fingerprint density at radius 2 is 1.96 bits per heavy atom. The third kappa shape index (κ3) is 3.90. The molecule has 1 N–H and O–H groups in total. The second kappa shape index (κ2) is 7.90. The zero-order valence-corrected chi connectivity index (χ0v) is 13.8. The number of piperazine rings is 1. The van der Waals surface area contributed by atoms with Gasteiger partial charge in [0.05, 0.1) is 19.3 Å². The lowest BCUT2D eigenvalue weighted by Gasteiger charge is -2.29. The molecule has 2 heterocycles. The number of rotatable bonds is 5. The fraction of sp³-hybridized carbons (Fsp3) is 0.333. The minimum Gasteiger partial charge on any atom is -0.497 e. The van der Waals surface area contributed by atoms with E-state index in [1.807, 2.05) is 42.5 Å². The van der Waals surface area contributed by atoms with Crippen LogP contribution in [0.5, 0.6) is 5.75 Å². The summed E-state index contributed by atoms with van der Waals surface area (Å²) in [6, 6.07) is 13.0. The number of anilines is 2. The third-order valence-corrected chi connectivity index (χ3v) is 4.03. The van der Waals surface area contributed by atoms with Gasteiger partial charge in [0.25, 0.3) is 0 Å². The molecule has 0 radical (unpaired) electrons. The smallest absolute Gasteiger partial charge is 0.246 e. The highest BCUT2D eigenvalue weighted by Crippen LogP contribution is 2.26. The highest BCUT2D eigenvalue weighted by Gasteiger charge is 2.22. The van der Waals surface area contributed by atoms with E-state index in [0.29, 0.717) is 12.4 Å². The summed E-state index contributed by atoms with van der Waals surface area (Å²) in [7, 11) is 1.63. The van der Waals surface area contributed by atoms with E-state index in [0.717, 1.165) is 37.6 Å². The van der Waals surface area contributed by atoms with Gasteiger partial charge in [0.2, 0.25) is 5.91 Å². The summed E-state index contributed by atoms with van der Waals surface area (Å²) in [5.41, 5.74) is 0.787. The predicted octanol–water partition coefficient (Wildman–Crippen LogP) is 1.66. The molecule has 0 unspecified atom stereocenters. The van der Waals surface area contributed by atoms with Gasteiger partial charge in [0, 0.05) is 32.4 Å². The van der Waals surface area contributed by atoms with E-state index in [4.69, 9.17) is 4.74 Å². The molecule has 1 amide bonds. The highest BCUT2D eigenvalue weighted by atomic mass is 16.5. The Hall–Kier alpha value is -2.44. The van der Waals surface area contributed by atoms with E-state index in [9.17, 15) is 4.79 Å². The molecule has 1 aromatic carbocycles. The van der Waals surface area contributed by atoms with Gasteiger partial charge in [-0.25, -0.2) is 4.98 Å². The standard InChI is InChI=1S/C18H22N4O2/c1-24-16-7-5-15(6-8-16)22(17-4-2-3-9-20-17)18(23)14-21-12-10-19-11-13-21/h2-9,19H,10-14H2,1H3. The van der Waals surface area contributed by atoms with Gasteiger partial charge in [-0.05, 0) is 36.4 Å². The molecule has 6 heteroatoms. The summed E-state index contributed by atoms with van der Waals surface area (Å²) in [4.78, 5) is 21.1. The first-order valence-corrected chi connectivity index (χ1v) is 8.09. The number of pyridine rings is 1. The van der Waals surface area contributed by atoms with Gasteiger partial charge in [-0.1, -0.05) is 6.07 Å². The first-order valence-electron chi connectivity index (χ1n) is 8.09. The Bertz CT molecular complexity index is 654. The van der Waals surface area contributed by atoms with Crippen LogP contribution in [-0.4, -0.2) is 55.6 Å². The summed E-state index contributed by atoms with van der Waals surface area (Å²) in [6.45, 7) is 3.97. The zero-order chi connectivity index (χ0) is 16.8. The van der Waals surface area contributed by atoms with Crippen LogP contribution in [0.4, 0.5) is 11.5 Å². The molecule has 0 aliphatic carbocycles. The number of carbonyl (C=O) groups is 1. The molecule has 24 heavy (non-hydrogen) atoms. The monoisotopic (exact) mass is 326 g/mol. The van der Waals surface area contributed by atoms with Gasteiger partial charge in [-0.3, -0.25) is 14.6 Å². The van der Waals surface area contributed by atoms with Gasteiger partial charge >= 0.3 is 0 Å². The Labute approximate surface area is 142 Å². The lowest BCUT2D eigenvalue weighted by molar-refractivity contribution is -0.119. The molecule has 0 spiro atoms. The van der Waals surface area contributed by atoms with Crippen molar-refractivity contribution in [1.29, 1.82) is 0 Å². The lowest BCUT2D eigenvalue weighted by atomic mass is 10.2. The van der Waals surface area contributed by atoms with Crippen molar-refractivity contribution < 1.29 is 9.53 Å². The predicted molar refractivity (Wildman–Crippen MR) is 93.7 cm³/mol. The lowest BCUT2D eigenvalue weighted by Crippen LogP contribution is -2.47. The molecule has 6 nitrogen and oxygen atoms in total. The van der Waals surface area contributed by atoms with E-state index < -0.39 is 0 Å². The van der Waals surface area contributed by atoms with Crippen LogP contribution in [0.15, 0.2) is 48.7 Å². The third-order valence-electron chi connectivity index (χ3n) is 4.03. The SMILES string of the molecule is COc1ccc(N(C(=O)CN2CCNCC2)c2ccccn2)cc1. The number of nitrogens with one attached hydrogen (secondary N) is 1. The number of aromatic nitrogens is 1. The van der Waals surface area contributed by atoms with Crippen LogP contribution in [-0.2, 0) is 4.79 Å². The summed E-state index contributed by atoms with van der Waals surface area (Å²) >= 11 is 0. The number of hydrogen-bond acceptors (Lipinski definition) is 5. The number of carbonyl (C=O) groups excluding carboxylic acids is 1. The average molecular weight is 326 g/mol. The summed E-state index contributed by atoms with van der Waals surface area (Å²) in [5.74, 6) is 1.40. The average Bonchev–Trinajstić information content (AvgIpc) is 2.64. The van der Waals surface area contributed by atoms with Crippen LogP contribution in [0.25, 0.3) is 0 Å². The molecule has 1 fully saturated rings. The summed E-state index contributed by atoms with van der Waals surface area (Å²) in [6.07, 6.45) is 1.70. The van der Waals surface area contributed by atoms with Crippen LogP contribution in [0.3, 0.4) is 0 Å². The van der Waals surface area contributed by atoms with Crippen molar-refractivity contribution in [3.63, 3.8) is 0 Å². The maximum atomic E-state index is 13.0. The van der Waals surface area contributed by atoms with Crippen molar-refractivity contribution in [2.75, 3.05) is 44.7 Å². The number of amides is 1. The summed E-state index contributed by atoms with van der Waals surface area (Å²) in [5, 5.41) is 3.30. The van der Waals surface area contributed by atoms with E-state index in [1.165, 1.54) is 0 Å². The molecule has 1 saturated heterocycles. The van der Waals surface area contributed by atoms with Gasteiger partial charge in [-0.15, -0.1) is 0 Å². The van der Waals surface area contributed by atoms with Crippen LogP contribution in [0.1, 0.15) is 0 Å². The first kappa shape index (κ1) is 16.4. The van der Waals surface area contributed by atoms with Gasteiger partial charge < -0.3 is 10.1 Å². The molecule has 1 aromatic heterocycles. The molecule has 2 aromatic rings. The topological polar surface area (TPSA) is 57.7 Å². The quantitative estimate of drug-likeness (QED) is 0.906. The molecule has 0 atom stereocenters. The maximum absolute atomic E-state index is 13.0. The normalized spacial score (nSPS) is 15.0. The fourth-order valence-electron chi connectivity index (χ4n) is 2.75. The fourth-order valence-corrected chi connectivity index (χ4v) is 2.75. The Balaban J connectivity index is 1.85. The molecule has 0 saturated carbocycles. The summed E-state index contributed by atoms with van der Waals surface area (Å²) < 4.78 is 5.20. The molecule has 1 aliphatic heterocycles. The second-order valence-corrected chi connectivity index (χ2v) is 5.64. The number of ether oxygens (including phenoxy) is 1. The Morgan fingerprint density at radius 3 is 2.58 bits per heavy atom. The molecule has 1 aliphatic rings. The van der Waals surface area contributed by atoms with Gasteiger partial charge in [-0.2, -0.15) is 0 Å². The highest BCUT2D eigenvalue weighted by molar-refractivity contribution is 6.00.